The van der Waals surface area contributed by atoms with Crippen LogP contribution in [-0.4, -0.2) is 16.5 Å². The van der Waals surface area contributed by atoms with E-state index in [1.54, 1.807) is 0 Å². The van der Waals surface area contributed by atoms with E-state index in [0.717, 1.165) is 18.8 Å². The molecule has 0 bridgehead atoms. The monoisotopic (exact) mass is 273 g/mol. The van der Waals surface area contributed by atoms with E-state index in [2.05, 4.69) is 51.1 Å². The van der Waals surface area contributed by atoms with Crippen LogP contribution in [0.15, 0.2) is 6.20 Å². The van der Waals surface area contributed by atoms with Crippen molar-refractivity contribution in [2.24, 2.45) is 10.8 Å². The minimum absolute atomic E-state index is 0.324. The summed E-state index contributed by atoms with van der Waals surface area (Å²) in [6.45, 7) is 12.5. The normalized spacial score (nSPS) is 29.9. The highest BCUT2D eigenvalue weighted by atomic mass is 15.0. The Balaban J connectivity index is 1.93. The van der Waals surface area contributed by atoms with Crippen LogP contribution in [0.3, 0.4) is 0 Å². The third-order valence-electron chi connectivity index (χ3n) is 4.97. The van der Waals surface area contributed by atoms with Gasteiger partial charge in [0.1, 0.15) is 5.82 Å². The van der Waals surface area contributed by atoms with Gasteiger partial charge in [-0.1, -0.05) is 34.6 Å². The molecular formula is C17H27N3. The van der Waals surface area contributed by atoms with Crippen molar-refractivity contribution in [1.82, 2.24) is 15.3 Å². The summed E-state index contributed by atoms with van der Waals surface area (Å²) >= 11 is 0. The number of nitrogens with zero attached hydrogens (tertiary/aromatic N) is 2. The van der Waals surface area contributed by atoms with E-state index >= 15 is 0 Å². The van der Waals surface area contributed by atoms with Gasteiger partial charge in [-0.15, -0.1) is 0 Å². The molecule has 2 aliphatic rings. The molecule has 20 heavy (non-hydrogen) atoms. The van der Waals surface area contributed by atoms with Crippen molar-refractivity contribution in [3.8, 4) is 0 Å². The molecule has 1 fully saturated rings. The average Bonchev–Trinajstić information content (AvgIpc) is 2.96. The molecular weight excluding hydrogens is 246 g/mol. The molecule has 2 aliphatic carbocycles. The van der Waals surface area contributed by atoms with Gasteiger partial charge in [-0.05, 0) is 36.6 Å². The third-order valence-corrected chi connectivity index (χ3v) is 4.97. The molecule has 0 saturated heterocycles. The Kier molecular flexibility index (Phi) is 3.16. The van der Waals surface area contributed by atoms with Crippen molar-refractivity contribution in [2.75, 3.05) is 6.54 Å². The van der Waals surface area contributed by atoms with Crippen LogP contribution >= 0.6 is 0 Å². The fourth-order valence-electron chi connectivity index (χ4n) is 3.57. The molecule has 110 valence electrons. The van der Waals surface area contributed by atoms with Gasteiger partial charge >= 0.3 is 0 Å². The predicted octanol–water partition coefficient (Wildman–Crippen LogP) is 3.61. The molecule has 0 amide bonds. The Labute approximate surface area is 122 Å². The lowest BCUT2D eigenvalue weighted by Crippen LogP contribution is -2.34. The van der Waals surface area contributed by atoms with E-state index in [9.17, 15) is 0 Å². The summed E-state index contributed by atoms with van der Waals surface area (Å²) < 4.78 is 0. The number of aromatic nitrogens is 2. The maximum absolute atomic E-state index is 4.95. The Morgan fingerprint density at radius 2 is 1.95 bits per heavy atom. The van der Waals surface area contributed by atoms with Crippen LogP contribution in [0.5, 0.6) is 0 Å². The highest BCUT2D eigenvalue weighted by Crippen LogP contribution is 2.57. The predicted molar refractivity (Wildman–Crippen MR) is 81.7 cm³/mol. The van der Waals surface area contributed by atoms with Crippen molar-refractivity contribution in [3.63, 3.8) is 0 Å². The summed E-state index contributed by atoms with van der Waals surface area (Å²) in [6.07, 6.45) is 5.57. The summed E-state index contributed by atoms with van der Waals surface area (Å²) in [5.41, 5.74) is 3.33. The van der Waals surface area contributed by atoms with E-state index in [4.69, 9.17) is 4.98 Å². The van der Waals surface area contributed by atoms with Crippen molar-refractivity contribution in [2.45, 2.75) is 65.8 Å². The van der Waals surface area contributed by atoms with E-state index in [-0.39, 0.29) is 0 Å². The highest BCUT2D eigenvalue weighted by Gasteiger charge is 2.49. The van der Waals surface area contributed by atoms with E-state index < -0.39 is 0 Å². The van der Waals surface area contributed by atoms with Crippen LogP contribution in [0.25, 0.3) is 0 Å². The number of fused-ring (bicyclic) bond motifs is 1. The second-order valence-electron chi connectivity index (χ2n) is 8.03. The molecule has 1 aromatic rings. The lowest BCUT2D eigenvalue weighted by molar-refractivity contribution is 0.255. The molecule has 0 radical (unpaired) electrons. The van der Waals surface area contributed by atoms with Crippen LogP contribution in [0.2, 0.25) is 0 Å². The Hall–Kier alpha value is -0.960. The summed E-state index contributed by atoms with van der Waals surface area (Å²) in [5.74, 6) is 1.64. The summed E-state index contributed by atoms with van der Waals surface area (Å²) in [7, 11) is 0. The molecule has 1 N–H and O–H groups in total. The maximum atomic E-state index is 4.95. The van der Waals surface area contributed by atoms with Gasteiger partial charge in [0, 0.05) is 29.4 Å². The Bertz CT molecular complexity index is 519. The van der Waals surface area contributed by atoms with Gasteiger partial charge < -0.3 is 5.32 Å². The molecule has 3 heteroatoms. The van der Waals surface area contributed by atoms with Crippen molar-refractivity contribution < 1.29 is 0 Å². The number of hydrogen-bond acceptors (Lipinski definition) is 3. The van der Waals surface area contributed by atoms with Crippen LogP contribution < -0.4 is 5.32 Å². The first-order valence-electron chi connectivity index (χ1n) is 7.91. The van der Waals surface area contributed by atoms with Crippen LogP contribution in [0, 0.1) is 10.8 Å². The van der Waals surface area contributed by atoms with Crippen LogP contribution in [-0.2, 0) is 6.42 Å². The van der Waals surface area contributed by atoms with E-state index in [1.807, 2.05) is 0 Å². The fourth-order valence-corrected chi connectivity index (χ4v) is 3.57. The molecule has 0 aromatic carbocycles. The summed E-state index contributed by atoms with van der Waals surface area (Å²) in [4.78, 5) is 9.63. The molecule has 2 atom stereocenters. The first-order valence-corrected chi connectivity index (χ1v) is 7.91. The minimum Gasteiger partial charge on any atom is -0.310 e. The second kappa shape index (κ2) is 4.52. The van der Waals surface area contributed by atoms with Crippen molar-refractivity contribution in [1.29, 1.82) is 0 Å². The first kappa shape index (κ1) is 14.0. The van der Waals surface area contributed by atoms with Gasteiger partial charge in [-0.2, -0.15) is 0 Å². The molecule has 3 rings (SSSR count). The molecule has 3 nitrogen and oxygen atoms in total. The number of nitrogens with one attached hydrogen (secondary N) is 1. The van der Waals surface area contributed by atoms with Gasteiger partial charge in [-0.3, -0.25) is 0 Å². The Morgan fingerprint density at radius 1 is 1.25 bits per heavy atom. The molecule has 0 aliphatic heterocycles. The third kappa shape index (κ3) is 2.48. The zero-order chi connectivity index (χ0) is 14.5. The van der Waals surface area contributed by atoms with Crippen molar-refractivity contribution in [3.05, 3.63) is 23.3 Å². The largest absolute Gasteiger partial charge is 0.310 e. The standard InChI is InChI=1S/C17H27N3/c1-6-18-13-8-16(2,3)9-14-11(13)10-19-15(20-14)12-7-17(12,4)5/h10,12-13,18H,6-9H2,1-5H3. The van der Waals surface area contributed by atoms with Crippen molar-refractivity contribution >= 4 is 0 Å². The lowest BCUT2D eigenvalue weighted by Gasteiger charge is -2.36. The smallest absolute Gasteiger partial charge is 0.132 e. The molecule has 1 heterocycles. The lowest BCUT2D eigenvalue weighted by atomic mass is 9.74. The first-order chi connectivity index (χ1) is 9.32. The molecule has 1 saturated carbocycles. The van der Waals surface area contributed by atoms with Gasteiger partial charge in [0.2, 0.25) is 0 Å². The van der Waals surface area contributed by atoms with Gasteiger partial charge in [-0.25, -0.2) is 9.97 Å². The zero-order valence-corrected chi connectivity index (χ0v) is 13.5. The average molecular weight is 273 g/mol. The van der Waals surface area contributed by atoms with E-state index in [0.29, 0.717) is 22.8 Å². The summed E-state index contributed by atoms with van der Waals surface area (Å²) in [6, 6.07) is 0.417. The fraction of sp³-hybridized carbons (Fsp3) is 0.765. The quantitative estimate of drug-likeness (QED) is 0.914. The van der Waals surface area contributed by atoms with Gasteiger partial charge in [0.15, 0.2) is 0 Å². The van der Waals surface area contributed by atoms with Crippen LogP contribution in [0.4, 0.5) is 0 Å². The Morgan fingerprint density at radius 3 is 2.55 bits per heavy atom. The maximum Gasteiger partial charge on any atom is 0.132 e. The topological polar surface area (TPSA) is 37.8 Å². The number of rotatable bonds is 3. The molecule has 2 unspecified atom stereocenters. The van der Waals surface area contributed by atoms with Gasteiger partial charge in [0.25, 0.3) is 0 Å². The number of hydrogen-bond donors (Lipinski definition) is 1. The minimum atomic E-state index is 0.324. The zero-order valence-electron chi connectivity index (χ0n) is 13.5. The second-order valence-corrected chi connectivity index (χ2v) is 8.03. The highest BCUT2D eigenvalue weighted by molar-refractivity contribution is 5.29. The summed E-state index contributed by atoms with van der Waals surface area (Å²) in [5, 5.41) is 3.60. The molecule has 0 spiro atoms. The van der Waals surface area contributed by atoms with Gasteiger partial charge in [0.05, 0.1) is 0 Å². The van der Waals surface area contributed by atoms with E-state index in [1.165, 1.54) is 24.1 Å². The van der Waals surface area contributed by atoms with Crippen LogP contribution in [0.1, 0.15) is 76.5 Å². The SMILES string of the molecule is CCNC1CC(C)(C)Cc2nc(C3CC3(C)C)ncc21. The molecule has 1 aromatic heterocycles.